The fraction of sp³-hybridized carbons (Fsp3) is 0.688. The molecule has 4 aliphatic rings. The molecule has 0 radical (unpaired) electrons. The molecule has 0 aromatic heterocycles. The van der Waals surface area contributed by atoms with Gasteiger partial charge in [0.05, 0.1) is 11.5 Å². The highest BCUT2D eigenvalue weighted by atomic mass is 16.6. The van der Waals surface area contributed by atoms with Gasteiger partial charge in [0.1, 0.15) is 11.4 Å². The second kappa shape index (κ2) is 3.72. The maximum Gasteiger partial charge on any atom is 0.307 e. The maximum absolute atomic E-state index is 11.5. The number of ether oxygens (including phenoxy) is 2. The molecule has 2 aliphatic carbocycles. The molecule has 0 N–H and O–H groups in total. The molecule has 102 valence electrons. The first kappa shape index (κ1) is 11.7. The molecule has 0 unspecified atom stereocenters. The third-order valence-corrected chi connectivity index (χ3v) is 5.26. The predicted octanol–water partition coefficient (Wildman–Crippen LogP) is 3.26. The Balaban J connectivity index is 1.87. The fourth-order valence-corrected chi connectivity index (χ4v) is 4.54. The van der Waals surface area contributed by atoms with Crippen LogP contribution in [0.4, 0.5) is 0 Å². The first-order valence-corrected chi connectivity index (χ1v) is 7.48. The van der Waals surface area contributed by atoms with Crippen molar-refractivity contribution in [1.29, 1.82) is 0 Å². The molecule has 2 aliphatic heterocycles. The lowest BCUT2D eigenvalue weighted by molar-refractivity contribution is -0.147. The first-order valence-electron chi connectivity index (χ1n) is 7.48. The van der Waals surface area contributed by atoms with E-state index in [1.54, 1.807) is 0 Å². The average Bonchev–Trinajstić information content (AvgIpc) is 2.93. The molecule has 2 fully saturated rings. The van der Waals surface area contributed by atoms with Crippen LogP contribution in [-0.4, -0.2) is 17.2 Å². The quantitative estimate of drug-likeness (QED) is 0.536. The lowest BCUT2D eigenvalue weighted by Gasteiger charge is -2.46. The van der Waals surface area contributed by atoms with Crippen molar-refractivity contribution < 1.29 is 14.3 Å². The van der Waals surface area contributed by atoms with Crippen LogP contribution < -0.4 is 0 Å². The van der Waals surface area contributed by atoms with Gasteiger partial charge in [0, 0.05) is 12.5 Å². The van der Waals surface area contributed by atoms with E-state index in [9.17, 15) is 4.79 Å². The van der Waals surface area contributed by atoms with Crippen molar-refractivity contribution in [3.8, 4) is 0 Å². The zero-order valence-electron chi connectivity index (χ0n) is 11.4. The van der Waals surface area contributed by atoms with Crippen LogP contribution in [0.15, 0.2) is 23.5 Å². The standard InChI is InChI=1S/C16H20O3/c1-11(17)18-14-12-5-2-3-7-15(12)9-10-16(19-15)8-4-6-13(14)16/h9-10,13H,2-8H2,1H3/t13-,15-,16+/m0/s1. The van der Waals surface area contributed by atoms with Crippen LogP contribution in [0.1, 0.15) is 51.9 Å². The van der Waals surface area contributed by atoms with E-state index in [0.717, 1.165) is 37.9 Å². The van der Waals surface area contributed by atoms with E-state index in [0.29, 0.717) is 0 Å². The van der Waals surface area contributed by atoms with Gasteiger partial charge in [-0.05, 0) is 51.0 Å². The molecular formula is C16H20O3. The molecule has 3 heteroatoms. The van der Waals surface area contributed by atoms with Crippen molar-refractivity contribution >= 4 is 5.97 Å². The third-order valence-electron chi connectivity index (χ3n) is 5.26. The number of carbonyl (C=O) groups excluding carboxylic acids is 1. The molecule has 0 aromatic carbocycles. The van der Waals surface area contributed by atoms with Crippen molar-refractivity contribution in [3.63, 3.8) is 0 Å². The summed E-state index contributed by atoms with van der Waals surface area (Å²) in [7, 11) is 0. The van der Waals surface area contributed by atoms with Gasteiger partial charge in [-0.2, -0.15) is 0 Å². The summed E-state index contributed by atoms with van der Waals surface area (Å²) in [6.07, 6.45) is 12.3. The summed E-state index contributed by atoms with van der Waals surface area (Å²) in [5.41, 5.74) is 0.834. The Hall–Kier alpha value is -1.09. The lowest BCUT2D eigenvalue weighted by Crippen LogP contribution is -2.48. The summed E-state index contributed by atoms with van der Waals surface area (Å²) in [5, 5.41) is 0. The number of esters is 1. The smallest absolute Gasteiger partial charge is 0.307 e. The Morgan fingerprint density at radius 3 is 3.05 bits per heavy atom. The molecule has 19 heavy (non-hydrogen) atoms. The lowest BCUT2D eigenvalue weighted by atomic mass is 9.75. The highest BCUT2D eigenvalue weighted by molar-refractivity contribution is 5.68. The van der Waals surface area contributed by atoms with E-state index in [1.165, 1.54) is 25.3 Å². The number of hydrogen-bond acceptors (Lipinski definition) is 3. The summed E-state index contributed by atoms with van der Waals surface area (Å²) >= 11 is 0. The normalized spacial score (nSPS) is 43.1. The molecule has 2 spiro atoms. The summed E-state index contributed by atoms with van der Waals surface area (Å²) < 4.78 is 12.2. The zero-order chi connectivity index (χ0) is 13.1. The van der Waals surface area contributed by atoms with Gasteiger partial charge in [-0.25, -0.2) is 0 Å². The highest BCUT2D eigenvalue weighted by Crippen LogP contribution is 2.59. The molecule has 0 amide bonds. The molecule has 4 rings (SSSR count). The molecule has 2 saturated carbocycles. The van der Waals surface area contributed by atoms with E-state index < -0.39 is 0 Å². The van der Waals surface area contributed by atoms with Gasteiger partial charge in [0.15, 0.2) is 0 Å². The second-order valence-corrected chi connectivity index (χ2v) is 6.37. The van der Waals surface area contributed by atoms with Crippen LogP contribution in [0.5, 0.6) is 0 Å². The average molecular weight is 260 g/mol. The molecule has 3 atom stereocenters. The highest BCUT2D eigenvalue weighted by Gasteiger charge is 2.60. The minimum absolute atomic E-state index is 0.175. The largest absolute Gasteiger partial charge is 0.431 e. The van der Waals surface area contributed by atoms with Crippen molar-refractivity contribution in [1.82, 2.24) is 0 Å². The molecule has 2 heterocycles. The van der Waals surface area contributed by atoms with Gasteiger partial charge in [-0.15, -0.1) is 0 Å². The van der Waals surface area contributed by atoms with Crippen LogP contribution >= 0.6 is 0 Å². The Bertz CT molecular complexity index is 504. The van der Waals surface area contributed by atoms with E-state index in [2.05, 4.69) is 12.2 Å². The summed E-state index contributed by atoms with van der Waals surface area (Å²) in [6, 6.07) is 0. The molecule has 3 nitrogen and oxygen atoms in total. The van der Waals surface area contributed by atoms with Crippen LogP contribution in [0, 0.1) is 5.92 Å². The maximum atomic E-state index is 11.5. The van der Waals surface area contributed by atoms with Gasteiger partial charge in [-0.3, -0.25) is 4.79 Å². The minimum Gasteiger partial charge on any atom is -0.431 e. The topological polar surface area (TPSA) is 35.5 Å². The van der Waals surface area contributed by atoms with Crippen molar-refractivity contribution in [2.45, 2.75) is 63.1 Å². The Morgan fingerprint density at radius 1 is 1.32 bits per heavy atom. The second-order valence-electron chi connectivity index (χ2n) is 6.37. The van der Waals surface area contributed by atoms with Gasteiger partial charge < -0.3 is 9.47 Å². The third kappa shape index (κ3) is 1.45. The van der Waals surface area contributed by atoms with Crippen LogP contribution in [-0.2, 0) is 14.3 Å². The number of rotatable bonds is 1. The number of hydrogen-bond donors (Lipinski definition) is 0. The monoisotopic (exact) mass is 260 g/mol. The van der Waals surface area contributed by atoms with Crippen LogP contribution in [0.3, 0.4) is 0 Å². The Labute approximate surface area is 113 Å². The SMILES string of the molecule is CC(=O)OC1=C2CCCC[C@]23C=C[C@@]2(CCC[C@@H]12)O3. The van der Waals surface area contributed by atoms with E-state index in [1.807, 2.05) is 0 Å². The summed E-state index contributed by atoms with van der Waals surface area (Å²) in [6.45, 7) is 1.51. The summed E-state index contributed by atoms with van der Waals surface area (Å²) in [4.78, 5) is 11.5. The van der Waals surface area contributed by atoms with Crippen LogP contribution in [0.2, 0.25) is 0 Å². The molecule has 0 aromatic rings. The first-order chi connectivity index (χ1) is 9.15. The number of carbonyl (C=O) groups is 1. The van der Waals surface area contributed by atoms with E-state index in [-0.39, 0.29) is 23.1 Å². The van der Waals surface area contributed by atoms with Gasteiger partial charge in [0.25, 0.3) is 0 Å². The zero-order valence-corrected chi connectivity index (χ0v) is 11.4. The predicted molar refractivity (Wildman–Crippen MR) is 70.3 cm³/mol. The molecular weight excluding hydrogens is 240 g/mol. The van der Waals surface area contributed by atoms with Gasteiger partial charge in [-0.1, -0.05) is 6.08 Å². The Morgan fingerprint density at radius 2 is 2.21 bits per heavy atom. The fourth-order valence-electron chi connectivity index (χ4n) is 4.54. The van der Waals surface area contributed by atoms with E-state index in [4.69, 9.17) is 9.47 Å². The molecule has 0 saturated heterocycles. The van der Waals surface area contributed by atoms with E-state index >= 15 is 0 Å². The van der Waals surface area contributed by atoms with Crippen molar-refractivity contribution in [2.75, 3.05) is 0 Å². The van der Waals surface area contributed by atoms with Gasteiger partial charge >= 0.3 is 5.97 Å². The van der Waals surface area contributed by atoms with Crippen molar-refractivity contribution in [2.24, 2.45) is 5.92 Å². The minimum atomic E-state index is -0.246. The van der Waals surface area contributed by atoms with Crippen LogP contribution in [0.25, 0.3) is 0 Å². The summed E-state index contributed by atoms with van der Waals surface area (Å²) in [5.74, 6) is 1.03. The molecule has 2 bridgehead atoms. The van der Waals surface area contributed by atoms with Crippen molar-refractivity contribution in [3.05, 3.63) is 23.5 Å². The Kier molecular flexibility index (Phi) is 2.29. The van der Waals surface area contributed by atoms with Gasteiger partial charge in [0.2, 0.25) is 0 Å².